The minimum absolute atomic E-state index is 0.114. The third-order valence-corrected chi connectivity index (χ3v) is 3.44. The van der Waals surface area contributed by atoms with Crippen molar-refractivity contribution in [3.8, 4) is 0 Å². The maximum Gasteiger partial charge on any atom is 0.123 e. The Kier molecular flexibility index (Phi) is 5.95. The fourth-order valence-corrected chi connectivity index (χ4v) is 2.28. The lowest BCUT2D eigenvalue weighted by molar-refractivity contribution is 0.175. The molecule has 0 atom stereocenters. The van der Waals surface area contributed by atoms with E-state index in [2.05, 4.69) is 25.7 Å². The van der Waals surface area contributed by atoms with Crippen LogP contribution in [-0.4, -0.2) is 24.5 Å². The highest BCUT2D eigenvalue weighted by Gasteiger charge is 2.20. The van der Waals surface area contributed by atoms with E-state index in [1.165, 1.54) is 5.56 Å². The Morgan fingerprint density at radius 1 is 1.32 bits per heavy atom. The van der Waals surface area contributed by atoms with Crippen LogP contribution in [0.5, 0.6) is 0 Å². The number of halogens is 1. The molecule has 2 N–H and O–H groups in total. The summed E-state index contributed by atoms with van der Waals surface area (Å²) in [6.45, 7) is 12.1. The second kappa shape index (κ2) is 7.01. The van der Waals surface area contributed by atoms with Gasteiger partial charge in [0.15, 0.2) is 0 Å². The van der Waals surface area contributed by atoms with Gasteiger partial charge in [-0.1, -0.05) is 26.8 Å². The molecule has 1 rings (SSSR count). The molecule has 0 aromatic heterocycles. The first kappa shape index (κ1) is 16.1. The lowest BCUT2D eigenvalue weighted by atomic mass is 9.92. The van der Waals surface area contributed by atoms with Gasteiger partial charge in [-0.05, 0) is 55.1 Å². The normalized spacial score (nSPS) is 12.2. The molecule has 0 bridgehead atoms. The van der Waals surface area contributed by atoms with Crippen LogP contribution in [0.25, 0.3) is 0 Å². The number of nitrogens with zero attached hydrogens (tertiary/aromatic N) is 1. The molecule has 0 unspecified atom stereocenters. The molecule has 0 radical (unpaired) electrons. The predicted octanol–water partition coefficient (Wildman–Crippen LogP) is 3.33. The van der Waals surface area contributed by atoms with E-state index in [0.717, 1.165) is 31.6 Å². The van der Waals surface area contributed by atoms with Crippen LogP contribution in [0.1, 0.15) is 38.3 Å². The van der Waals surface area contributed by atoms with E-state index >= 15 is 0 Å². The molecule has 2 nitrogen and oxygen atoms in total. The summed E-state index contributed by atoms with van der Waals surface area (Å²) in [7, 11) is 0. The number of hydrogen-bond donors (Lipinski definition) is 1. The molecule has 0 saturated heterocycles. The molecule has 3 heteroatoms. The van der Waals surface area contributed by atoms with Gasteiger partial charge in [0.05, 0.1) is 0 Å². The zero-order valence-electron chi connectivity index (χ0n) is 12.7. The van der Waals surface area contributed by atoms with Crippen molar-refractivity contribution in [2.75, 3.05) is 19.6 Å². The summed E-state index contributed by atoms with van der Waals surface area (Å²) in [5.41, 5.74) is 8.15. The molecule has 0 aliphatic heterocycles. The van der Waals surface area contributed by atoms with Gasteiger partial charge in [-0.25, -0.2) is 4.39 Å². The first-order valence-electron chi connectivity index (χ1n) is 7.05. The molecule has 19 heavy (non-hydrogen) atoms. The third kappa shape index (κ3) is 5.29. The van der Waals surface area contributed by atoms with Crippen LogP contribution in [0.2, 0.25) is 0 Å². The molecular formula is C16H27FN2. The minimum atomic E-state index is -0.162. The minimum Gasteiger partial charge on any atom is -0.330 e. The Hall–Kier alpha value is -0.930. The van der Waals surface area contributed by atoms with Crippen molar-refractivity contribution in [2.24, 2.45) is 11.1 Å². The maximum atomic E-state index is 13.1. The largest absolute Gasteiger partial charge is 0.330 e. The van der Waals surface area contributed by atoms with Gasteiger partial charge in [0.1, 0.15) is 5.82 Å². The highest BCUT2D eigenvalue weighted by atomic mass is 19.1. The molecule has 108 valence electrons. The average molecular weight is 266 g/mol. The Balaban J connectivity index is 2.77. The number of aryl methyl sites for hydroxylation is 1. The Labute approximate surface area is 116 Å². The number of benzene rings is 1. The Morgan fingerprint density at radius 2 is 2.00 bits per heavy atom. The van der Waals surface area contributed by atoms with E-state index in [1.54, 1.807) is 12.1 Å². The van der Waals surface area contributed by atoms with Gasteiger partial charge >= 0.3 is 0 Å². The topological polar surface area (TPSA) is 29.3 Å². The lowest BCUT2D eigenvalue weighted by Gasteiger charge is -2.32. The van der Waals surface area contributed by atoms with E-state index in [-0.39, 0.29) is 11.2 Å². The molecule has 0 aliphatic rings. The van der Waals surface area contributed by atoms with Gasteiger partial charge in [-0.2, -0.15) is 0 Å². The molecule has 1 aromatic carbocycles. The van der Waals surface area contributed by atoms with Crippen LogP contribution in [0.3, 0.4) is 0 Å². The fraction of sp³-hybridized carbons (Fsp3) is 0.625. The van der Waals surface area contributed by atoms with Gasteiger partial charge < -0.3 is 5.73 Å². The molecule has 1 aromatic rings. The van der Waals surface area contributed by atoms with Crippen molar-refractivity contribution >= 4 is 0 Å². The van der Waals surface area contributed by atoms with E-state index in [9.17, 15) is 4.39 Å². The summed E-state index contributed by atoms with van der Waals surface area (Å²) in [4.78, 5) is 2.41. The summed E-state index contributed by atoms with van der Waals surface area (Å²) < 4.78 is 13.1. The zero-order valence-corrected chi connectivity index (χ0v) is 12.7. The van der Waals surface area contributed by atoms with Crippen molar-refractivity contribution in [1.82, 2.24) is 4.90 Å². The first-order valence-corrected chi connectivity index (χ1v) is 7.05. The highest BCUT2D eigenvalue weighted by molar-refractivity contribution is 5.26. The van der Waals surface area contributed by atoms with Gasteiger partial charge in [0, 0.05) is 13.1 Å². The van der Waals surface area contributed by atoms with E-state index in [0.29, 0.717) is 6.54 Å². The van der Waals surface area contributed by atoms with Crippen LogP contribution in [-0.2, 0) is 6.54 Å². The molecule has 0 saturated carbocycles. The molecule has 0 fully saturated rings. The molecular weight excluding hydrogens is 239 g/mol. The SMILES string of the molecule is CCCN(Cc1ccc(F)cc1C)CC(C)(C)CN. The molecule has 0 aliphatic carbocycles. The Bertz CT molecular complexity index is 402. The number of rotatable bonds is 7. The van der Waals surface area contributed by atoms with Crippen molar-refractivity contribution in [3.63, 3.8) is 0 Å². The van der Waals surface area contributed by atoms with Crippen LogP contribution < -0.4 is 5.73 Å². The number of hydrogen-bond acceptors (Lipinski definition) is 2. The van der Waals surface area contributed by atoms with Gasteiger partial charge in [-0.15, -0.1) is 0 Å². The van der Waals surface area contributed by atoms with Crippen LogP contribution in [0, 0.1) is 18.2 Å². The zero-order chi connectivity index (χ0) is 14.5. The quantitative estimate of drug-likeness (QED) is 0.820. The summed E-state index contributed by atoms with van der Waals surface area (Å²) >= 11 is 0. The first-order chi connectivity index (χ1) is 8.88. The Morgan fingerprint density at radius 3 is 2.53 bits per heavy atom. The predicted molar refractivity (Wildman–Crippen MR) is 79.5 cm³/mol. The van der Waals surface area contributed by atoms with E-state index in [1.807, 2.05) is 13.0 Å². The maximum absolute atomic E-state index is 13.1. The summed E-state index contributed by atoms with van der Waals surface area (Å²) in [5, 5.41) is 0. The molecule has 0 heterocycles. The lowest BCUT2D eigenvalue weighted by Crippen LogP contribution is -2.38. The van der Waals surface area contributed by atoms with Gasteiger partial charge in [0.2, 0.25) is 0 Å². The van der Waals surface area contributed by atoms with Crippen molar-refractivity contribution < 1.29 is 4.39 Å². The second-order valence-corrected chi connectivity index (χ2v) is 6.15. The third-order valence-electron chi connectivity index (χ3n) is 3.44. The van der Waals surface area contributed by atoms with E-state index < -0.39 is 0 Å². The molecule has 0 amide bonds. The van der Waals surface area contributed by atoms with E-state index in [4.69, 9.17) is 5.73 Å². The summed E-state index contributed by atoms with van der Waals surface area (Å²) in [6.07, 6.45) is 1.11. The smallest absolute Gasteiger partial charge is 0.123 e. The van der Waals surface area contributed by atoms with Gasteiger partial charge in [0.25, 0.3) is 0 Å². The van der Waals surface area contributed by atoms with Crippen molar-refractivity contribution in [3.05, 3.63) is 35.1 Å². The van der Waals surface area contributed by atoms with Gasteiger partial charge in [-0.3, -0.25) is 4.90 Å². The summed E-state index contributed by atoms with van der Waals surface area (Å²) in [5.74, 6) is -0.162. The summed E-state index contributed by atoms with van der Waals surface area (Å²) in [6, 6.07) is 5.04. The fourth-order valence-electron chi connectivity index (χ4n) is 2.28. The van der Waals surface area contributed by atoms with Crippen LogP contribution >= 0.6 is 0 Å². The average Bonchev–Trinajstić information content (AvgIpc) is 2.32. The standard InChI is InChI=1S/C16H27FN2/c1-5-8-19(12-16(3,4)11-18)10-14-6-7-15(17)9-13(14)2/h6-7,9H,5,8,10-12,18H2,1-4H3. The van der Waals surface area contributed by atoms with Crippen LogP contribution in [0.4, 0.5) is 4.39 Å². The van der Waals surface area contributed by atoms with Crippen LogP contribution in [0.15, 0.2) is 18.2 Å². The second-order valence-electron chi connectivity index (χ2n) is 6.15. The molecule has 0 spiro atoms. The van der Waals surface area contributed by atoms with Crippen molar-refractivity contribution in [2.45, 2.75) is 40.7 Å². The monoisotopic (exact) mass is 266 g/mol. The highest BCUT2D eigenvalue weighted by Crippen LogP contribution is 2.19. The number of nitrogens with two attached hydrogens (primary N) is 1. The van der Waals surface area contributed by atoms with Crippen molar-refractivity contribution in [1.29, 1.82) is 0 Å².